The van der Waals surface area contributed by atoms with E-state index in [4.69, 9.17) is 14.2 Å². The standard InChI is InChI=1S/C63H112O6/c1-4-7-10-13-16-19-22-25-28-31-34-37-40-43-46-49-52-55-61(64)67-58-60(69-63(66)57-54-51-48-45-42-39-36-33-30-27-24-21-18-15-12-9-6-3)59-68-62(65)56-53-50-47-44-41-38-35-32-29-26-23-20-17-14-11-8-5-2/h16,18-19,21,25,27-28,30,34,37,60H,4-15,17,20,22-24,26,29,31-33,35-36,38-59H2,1-3H3/b19-16-,21-18-,28-25-,30-27-,37-34-/t60-/m0/s1. The van der Waals surface area contributed by atoms with Crippen LogP contribution in [0.1, 0.15) is 303 Å². The fourth-order valence-electron chi connectivity index (χ4n) is 8.48. The van der Waals surface area contributed by atoms with E-state index in [-0.39, 0.29) is 31.1 Å². The van der Waals surface area contributed by atoms with Gasteiger partial charge in [-0.3, -0.25) is 14.4 Å². The minimum absolute atomic E-state index is 0.0821. The van der Waals surface area contributed by atoms with Gasteiger partial charge < -0.3 is 14.2 Å². The van der Waals surface area contributed by atoms with Gasteiger partial charge in [-0.2, -0.15) is 0 Å². The van der Waals surface area contributed by atoms with Gasteiger partial charge in [-0.1, -0.05) is 255 Å². The van der Waals surface area contributed by atoms with E-state index in [1.54, 1.807) is 0 Å². The van der Waals surface area contributed by atoms with Gasteiger partial charge in [0.25, 0.3) is 0 Å². The highest BCUT2D eigenvalue weighted by Crippen LogP contribution is 2.16. The Bertz CT molecular complexity index is 1250. The normalized spacial score (nSPS) is 12.4. The molecule has 0 aliphatic heterocycles. The number of carbonyl (C=O) groups is 3. The zero-order valence-electron chi connectivity index (χ0n) is 45.8. The van der Waals surface area contributed by atoms with Crippen molar-refractivity contribution in [2.75, 3.05) is 13.2 Å². The Morgan fingerprint density at radius 2 is 0.522 bits per heavy atom. The summed E-state index contributed by atoms with van der Waals surface area (Å²) in [5.41, 5.74) is 0. The third-order valence-electron chi connectivity index (χ3n) is 13.0. The maximum Gasteiger partial charge on any atom is 0.306 e. The Labute approximate surface area is 428 Å². The lowest BCUT2D eigenvalue weighted by Gasteiger charge is -2.18. The highest BCUT2D eigenvalue weighted by Gasteiger charge is 2.19. The van der Waals surface area contributed by atoms with Crippen LogP contribution in [-0.2, 0) is 28.6 Å². The van der Waals surface area contributed by atoms with E-state index < -0.39 is 6.10 Å². The SMILES string of the molecule is CCCCC/C=C\C/C=C\C/C=C\CCCCCCC(=O)OC[C@@H](COC(=O)CCCCCCCCCCCCCCCCCCC)OC(=O)CCCCCCCCC/C=C\C/C=C\CCCCC. The summed E-state index contributed by atoms with van der Waals surface area (Å²) in [6, 6.07) is 0. The van der Waals surface area contributed by atoms with Gasteiger partial charge in [-0.25, -0.2) is 0 Å². The van der Waals surface area contributed by atoms with E-state index in [0.29, 0.717) is 19.3 Å². The topological polar surface area (TPSA) is 78.9 Å². The molecule has 6 heteroatoms. The second-order valence-corrected chi connectivity index (χ2v) is 19.9. The van der Waals surface area contributed by atoms with E-state index in [0.717, 1.165) is 96.3 Å². The van der Waals surface area contributed by atoms with Crippen LogP contribution in [0.4, 0.5) is 0 Å². The highest BCUT2D eigenvalue weighted by atomic mass is 16.6. The molecule has 0 saturated carbocycles. The van der Waals surface area contributed by atoms with E-state index in [1.807, 2.05) is 0 Å². The van der Waals surface area contributed by atoms with E-state index in [9.17, 15) is 14.4 Å². The molecule has 0 radical (unpaired) electrons. The van der Waals surface area contributed by atoms with E-state index in [1.165, 1.54) is 167 Å². The van der Waals surface area contributed by atoms with Crippen LogP contribution in [0.25, 0.3) is 0 Å². The molecule has 0 aliphatic carbocycles. The van der Waals surface area contributed by atoms with Crippen LogP contribution in [0.3, 0.4) is 0 Å². The molecule has 0 bridgehead atoms. The zero-order chi connectivity index (χ0) is 50.0. The largest absolute Gasteiger partial charge is 0.462 e. The Hall–Kier alpha value is -2.89. The summed E-state index contributed by atoms with van der Waals surface area (Å²) in [5, 5.41) is 0. The summed E-state index contributed by atoms with van der Waals surface area (Å²) in [7, 11) is 0. The van der Waals surface area contributed by atoms with Gasteiger partial charge >= 0.3 is 17.9 Å². The second kappa shape index (κ2) is 57.7. The first-order valence-corrected chi connectivity index (χ1v) is 29.8. The lowest BCUT2D eigenvalue weighted by atomic mass is 10.0. The number of hydrogen-bond donors (Lipinski definition) is 0. The van der Waals surface area contributed by atoms with Crippen molar-refractivity contribution in [3.05, 3.63) is 60.8 Å². The zero-order valence-corrected chi connectivity index (χ0v) is 45.8. The van der Waals surface area contributed by atoms with Gasteiger partial charge in [-0.15, -0.1) is 0 Å². The molecule has 0 saturated heterocycles. The fourth-order valence-corrected chi connectivity index (χ4v) is 8.48. The summed E-state index contributed by atoms with van der Waals surface area (Å²) in [6.45, 7) is 6.60. The van der Waals surface area contributed by atoms with Crippen LogP contribution in [0.5, 0.6) is 0 Å². The lowest BCUT2D eigenvalue weighted by Crippen LogP contribution is -2.30. The van der Waals surface area contributed by atoms with Gasteiger partial charge in [0.05, 0.1) is 0 Å². The van der Waals surface area contributed by atoms with Crippen molar-refractivity contribution in [2.24, 2.45) is 0 Å². The van der Waals surface area contributed by atoms with Gasteiger partial charge in [-0.05, 0) is 89.9 Å². The van der Waals surface area contributed by atoms with Crippen LogP contribution in [0.15, 0.2) is 60.8 Å². The minimum atomic E-state index is -0.787. The molecular formula is C63H112O6. The molecule has 0 N–H and O–H groups in total. The number of carbonyl (C=O) groups excluding carboxylic acids is 3. The quantitative estimate of drug-likeness (QED) is 0.0262. The molecule has 0 spiro atoms. The number of rotatable bonds is 54. The maximum absolute atomic E-state index is 12.9. The first-order chi connectivity index (χ1) is 34.0. The molecular weight excluding hydrogens is 853 g/mol. The van der Waals surface area contributed by atoms with Gasteiger partial charge in [0.2, 0.25) is 0 Å². The molecule has 0 unspecified atom stereocenters. The smallest absolute Gasteiger partial charge is 0.306 e. The molecule has 0 aliphatic rings. The van der Waals surface area contributed by atoms with Crippen molar-refractivity contribution in [3.8, 4) is 0 Å². The minimum Gasteiger partial charge on any atom is -0.462 e. The monoisotopic (exact) mass is 965 g/mol. The van der Waals surface area contributed by atoms with Crippen LogP contribution < -0.4 is 0 Å². The van der Waals surface area contributed by atoms with Crippen LogP contribution in [0, 0.1) is 0 Å². The summed E-state index contributed by atoms with van der Waals surface area (Å²) in [4.78, 5) is 38.2. The van der Waals surface area contributed by atoms with E-state index in [2.05, 4.69) is 81.5 Å². The number of esters is 3. The van der Waals surface area contributed by atoms with Gasteiger partial charge in [0.1, 0.15) is 13.2 Å². The van der Waals surface area contributed by atoms with Crippen molar-refractivity contribution < 1.29 is 28.6 Å². The van der Waals surface area contributed by atoms with Crippen molar-refractivity contribution in [3.63, 3.8) is 0 Å². The van der Waals surface area contributed by atoms with Gasteiger partial charge in [0, 0.05) is 19.3 Å². The number of unbranched alkanes of at least 4 members (excludes halogenated alkanes) is 33. The average molecular weight is 966 g/mol. The molecule has 6 nitrogen and oxygen atoms in total. The van der Waals surface area contributed by atoms with Crippen molar-refractivity contribution in [2.45, 2.75) is 309 Å². The van der Waals surface area contributed by atoms with Gasteiger partial charge in [0.15, 0.2) is 6.10 Å². The maximum atomic E-state index is 12.9. The van der Waals surface area contributed by atoms with Crippen molar-refractivity contribution in [1.82, 2.24) is 0 Å². The first-order valence-electron chi connectivity index (χ1n) is 29.8. The summed E-state index contributed by atoms with van der Waals surface area (Å²) in [6.07, 6.45) is 72.0. The molecule has 69 heavy (non-hydrogen) atoms. The fraction of sp³-hybridized carbons (Fsp3) is 0.794. The third-order valence-corrected chi connectivity index (χ3v) is 13.0. The summed E-state index contributed by atoms with van der Waals surface area (Å²) >= 11 is 0. The molecule has 0 aromatic carbocycles. The van der Waals surface area contributed by atoms with E-state index >= 15 is 0 Å². The first kappa shape index (κ1) is 66.1. The predicted molar refractivity (Wildman–Crippen MR) is 298 cm³/mol. The Morgan fingerprint density at radius 1 is 0.290 bits per heavy atom. The molecule has 0 aromatic rings. The van der Waals surface area contributed by atoms with Crippen molar-refractivity contribution >= 4 is 17.9 Å². The molecule has 400 valence electrons. The molecule has 0 heterocycles. The van der Waals surface area contributed by atoms with Crippen LogP contribution in [0.2, 0.25) is 0 Å². The number of hydrogen-bond acceptors (Lipinski definition) is 6. The Morgan fingerprint density at radius 3 is 0.841 bits per heavy atom. The average Bonchev–Trinajstić information content (AvgIpc) is 3.35. The Balaban J connectivity index is 4.41. The molecule has 0 aromatic heterocycles. The van der Waals surface area contributed by atoms with Crippen LogP contribution >= 0.6 is 0 Å². The molecule has 1 atom stereocenters. The number of ether oxygens (including phenoxy) is 3. The summed E-state index contributed by atoms with van der Waals surface area (Å²) in [5.74, 6) is -0.898. The number of allylic oxidation sites excluding steroid dienone is 10. The van der Waals surface area contributed by atoms with Crippen LogP contribution in [-0.4, -0.2) is 37.2 Å². The molecule has 0 rings (SSSR count). The highest BCUT2D eigenvalue weighted by molar-refractivity contribution is 5.71. The molecule has 0 fully saturated rings. The second-order valence-electron chi connectivity index (χ2n) is 19.9. The lowest BCUT2D eigenvalue weighted by molar-refractivity contribution is -0.167. The Kier molecular flexibility index (Phi) is 55.3. The third kappa shape index (κ3) is 55.9. The predicted octanol–water partition coefficient (Wildman–Crippen LogP) is 20.0. The molecule has 0 amide bonds. The van der Waals surface area contributed by atoms with Crippen molar-refractivity contribution in [1.29, 1.82) is 0 Å². The summed E-state index contributed by atoms with van der Waals surface area (Å²) < 4.78 is 16.9.